The Hall–Kier alpha value is -1.97. The lowest BCUT2D eigenvalue weighted by Crippen LogP contribution is -2.40. The molecule has 0 N–H and O–H groups in total. The number of benzene rings is 1. The molecule has 1 aromatic carbocycles. The van der Waals surface area contributed by atoms with Gasteiger partial charge in [0.25, 0.3) is 5.91 Å². The van der Waals surface area contributed by atoms with Gasteiger partial charge < -0.3 is 4.90 Å². The van der Waals surface area contributed by atoms with Crippen molar-refractivity contribution < 1.29 is 4.79 Å². The van der Waals surface area contributed by atoms with Crippen LogP contribution in [0.25, 0.3) is 0 Å². The first kappa shape index (κ1) is 14.4. The van der Waals surface area contributed by atoms with Crippen LogP contribution in [-0.2, 0) is 4.79 Å². The molecule has 2 unspecified atom stereocenters. The average molecular weight is 287 g/mol. The fourth-order valence-corrected chi connectivity index (χ4v) is 2.84. The summed E-state index contributed by atoms with van der Waals surface area (Å²) in [5.74, 6) is 2.42. The summed E-state index contributed by atoms with van der Waals surface area (Å²) in [5, 5.41) is 9.33. The van der Waals surface area contributed by atoms with E-state index in [1.54, 1.807) is 17.0 Å². The Balaban J connectivity index is 2.36. The average Bonchev–Trinajstić information content (AvgIpc) is 2.46. The van der Waals surface area contributed by atoms with Gasteiger partial charge in [0.15, 0.2) is 0 Å². The van der Waals surface area contributed by atoms with Crippen LogP contribution in [0.15, 0.2) is 18.2 Å². The standard InChI is InChI=1S/C16H15ClN2O/c1-3-16(20)19-7-6-11(2)8-15(19)12-4-5-13(10-18)14(17)9-12/h1,4-5,9,11,15H,6-8H2,2H3. The molecule has 2 atom stereocenters. The quantitative estimate of drug-likeness (QED) is 0.745. The third kappa shape index (κ3) is 2.79. The van der Waals surface area contributed by atoms with Crippen molar-refractivity contribution in [2.75, 3.05) is 6.54 Å². The smallest absolute Gasteiger partial charge is 0.298 e. The number of likely N-dealkylation sites (tertiary alicyclic amines) is 1. The Morgan fingerprint density at radius 1 is 1.55 bits per heavy atom. The van der Waals surface area contributed by atoms with Crippen molar-refractivity contribution in [2.24, 2.45) is 5.92 Å². The minimum atomic E-state index is -0.289. The molecule has 1 aliphatic heterocycles. The van der Waals surface area contributed by atoms with E-state index < -0.39 is 0 Å². The summed E-state index contributed by atoms with van der Waals surface area (Å²) >= 11 is 6.08. The Morgan fingerprint density at radius 3 is 2.90 bits per heavy atom. The summed E-state index contributed by atoms with van der Waals surface area (Å²) in [6.45, 7) is 2.82. The van der Waals surface area contributed by atoms with E-state index in [0.29, 0.717) is 23.0 Å². The van der Waals surface area contributed by atoms with E-state index in [4.69, 9.17) is 23.3 Å². The molecule has 0 saturated carbocycles. The zero-order valence-electron chi connectivity index (χ0n) is 11.3. The van der Waals surface area contributed by atoms with Crippen molar-refractivity contribution in [1.82, 2.24) is 4.90 Å². The highest BCUT2D eigenvalue weighted by Crippen LogP contribution is 2.35. The summed E-state index contributed by atoms with van der Waals surface area (Å²) in [6.07, 6.45) is 7.05. The van der Waals surface area contributed by atoms with Crippen molar-refractivity contribution in [3.63, 3.8) is 0 Å². The molecule has 0 aromatic heterocycles. The van der Waals surface area contributed by atoms with Gasteiger partial charge >= 0.3 is 0 Å². The second-order valence-electron chi connectivity index (χ2n) is 5.14. The van der Waals surface area contributed by atoms with E-state index in [-0.39, 0.29) is 11.9 Å². The van der Waals surface area contributed by atoms with Crippen molar-refractivity contribution in [1.29, 1.82) is 5.26 Å². The molecule has 1 heterocycles. The summed E-state index contributed by atoms with van der Waals surface area (Å²) in [5.41, 5.74) is 1.37. The second kappa shape index (κ2) is 5.99. The van der Waals surface area contributed by atoms with Gasteiger partial charge in [0.1, 0.15) is 6.07 Å². The number of rotatable bonds is 1. The minimum absolute atomic E-state index is 0.0625. The van der Waals surface area contributed by atoms with E-state index in [1.807, 2.05) is 12.1 Å². The van der Waals surface area contributed by atoms with Crippen molar-refractivity contribution >= 4 is 17.5 Å². The lowest BCUT2D eigenvalue weighted by molar-refractivity contribution is -0.129. The molecular weight excluding hydrogens is 272 g/mol. The molecule has 0 bridgehead atoms. The lowest BCUT2D eigenvalue weighted by Gasteiger charge is -2.37. The van der Waals surface area contributed by atoms with Crippen LogP contribution in [0.5, 0.6) is 0 Å². The number of terminal acetylenes is 1. The molecule has 0 radical (unpaired) electrons. The van der Waals surface area contributed by atoms with Gasteiger partial charge in [-0.1, -0.05) is 24.6 Å². The lowest BCUT2D eigenvalue weighted by atomic mass is 9.88. The molecule has 20 heavy (non-hydrogen) atoms. The number of nitrogens with zero attached hydrogens (tertiary/aromatic N) is 2. The van der Waals surface area contributed by atoms with Crippen LogP contribution in [0.4, 0.5) is 0 Å². The highest BCUT2D eigenvalue weighted by Gasteiger charge is 2.30. The molecule has 1 amide bonds. The third-order valence-corrected chi connectivity index (χ3v) is 4.06. The molecule has 2 rings (SSSR count). The topological polar surface area (TPSA) is 44.1 Å². The Morgan fingerprint density at radius 2 is 2.30 bits per heavy atom. The zero-order chi connectivity index (χ0) is 14.7. The van der Waals surface area contributed by atoms with E-state index in [1.165, 1.54) is 0 Å². The van der Waals surface area contributed by atoms with Crippen LogP contribution < -0.4 is 0 Å². The van der Waals surface area contributed by atoms with Gasteiger partial charge in [0.2, 0.25) is 0 Å². The van der Waals surface area contributed by atoms with Crippen LogP contribution in [-0.4, -0.2) is 17.4 Å². The number of halogens is 1. The van der Waals surface area contributed by atoms with Crippen molar-refractivity contribution in [3.05, 3.63) is 34.3 Å². The Bertz CT molecular complexity index is 612. The van der Waals surface area contributed by atoms with E-state index in [2.05, 4.69) is 12.8 Å². The predicted molar refractivity (Wildman–Crippen MR) is 77.9 cm³/mol. The first-order chi connectivity index (χ1) is 9.56. The van der Waals surface area contributed by atoms with Crippen LogP contribution in [0.1, 0.15) is 36.9 Å². The molecule has 0 spiro atoms. The number of hydrogen-bond acceptors (Lipinski definition) is 2. The number of amides is 1. The first-order valence-corrected chi connectivity index (χ1v) is 6.91. The molecule has 1 fully saturated rings. The van der Waals surface area contributed by atoms with Gasteiger partial charge in [-0.15, -0.1) is 6.42 Å². The van der Waals surface area contributed by atoms with Crippen LogP contribution in [0, 0.1) is 29.6 Å². The van der Waals surface area contributed by atoms with Crippen LogP contribution >= 0.6 is 11.6 Å². The fourth-order valence-electron chi connectivity index (χ4n) is 2.61. The van der Waals surface area contributed by atoms with Gasteiger partial charge in [-0.2, -0.15) is 5.26 Å². The molecule has 1 saturated heterocycles. The Kier molecular flexibility index (Phi) is 4.32. The molecule has 1 aliphatic rings. The summed E-state index contributed by atoms with van der Waals surface area (Å²) < 4.78 is 0. The number of nitriles is 1. The highest BCUT2D eigenvalue weighted by atomic mass is 35.5. The van der Waals surface area contributed by atoms with Crippen LogP contribution in [0.3, 0.4) is 0 Å². The molecule has 102 valence electrons. The molecular formula is C16H15ClN2O. The number of carbonyl (C=O) groups excluding carboxylic acids is 1. The monoisotopic (exact) mass is 286 g/mol. The fraction of sp³-hybridized carbons (Fsp3) is 0.375. The maximum Gasteiger partial charge on any atom is 0.298 e. The van der Waals surface area contributed by atoms with Crippen molar-refractivity contribution in [3.8, 4) is 18.4 Å². The highest BCUT2D eigenvalue weighted by molar-refractivity contribution is 6.31. The summed E-state index contributed by atoms with van der Waals surface area (Å²) in [7, 11) is 0. The molecule has 1 aromatic rings. The number of piperidine rings is 1. The van der Waals surface area contributed by atoms with Gasteiger partial charge in [-0.25, -0.2) is 0 Å². The minimum Gasteiger partial charge on any atom is -0.325 e. The Labute approximate surface area is 124 Å². The number of carbonyl (C=O) groups is 1. The second-order valence-corrected chi connectivity index (χ2v) is 5.55. The maximum atomic E-state index is 11.9. The SMILES string of the molecule is C#CC(=O)N1CCC(C)CC1c1ccc(C#N)c(Cl)c1. The largest absolute Gasteiger partial charge is 0.325 e. The maximum absolute atomic E-state index is 11.9. The molecule has 3 nitrogen and oxygen atoms in total. The zero-order valence-corrected chi connectivity index (χ0v) is 12.0. The van der Waals surface area contributed by atoms with Crippen LogP contribution in [0.2, 0.25) is 5.02 Å². The third-order valence-electron chi connectivity index (χ3n) is 3.75. The van der Waals surface area contributed by atoms with Crippen molar-refractivity contribution in [2.45, 2.75) is 25.8 Å². The summed E-state index contributed by atoms with van der Waals surface area (Å²) in [4.78, 5) is 13.6. The van der Waals surface area contributed by atoms with Gasteiger partial charge in [0, 0.05) is 6.54 Å². The van der Waals surface area contributed by atoms with Gasteiger partial charge in [-0.3, -0.25) is 4.79 Å². The molecule has 0 aliphatic carbocycles. The predicted octanol–water partition coefficient (Wildman–Crippen LogP) is 3.14. The summed E-state index contributed by atoms with van der Waals surface area (Å²) in [6, 6.07) is 7.28. The number of hydrogen-bond donors (Lipinski definition) is 0. The van der Waals surface area contributed by atoms with Gasteiger partial charge in [0.05, 0.1) is 16.6 Å². The van der Waals surface area contributed by atoms with E-state index >= 15 is 0 Å². The van der Waals surface area contributed by atoms with E-state index in [0.717, 1.165) is 18.4 Å². The van der Waals surface area contributed by atoms with E-state index in [9.17, 15) is 4.79 Å². The molecule has 4 heteroatoms. The first-order valence-electron chi connectivity index (χ1n) is 6.53. The van der Waals surface area contributed by atoms with Gasteiger partial charge in [-0.05, 0) is 42.4 Å². The normalized spacial score (nSPS) is 21.9.